The van der Waals surface area contributed by atoms with Gasteiger partial charge in [0.15, 0.2) is 9.84 Å². The molecule has 2 aromatic carbocycles. The lowest BCUT2D eigenvalue weighted by Gasteiger charge is -2.35. The van der Waals surface area contributed by atoms with Crippen LogP contribution in [-0.2, 0) is 32.1 Å². The molecule has 1 saturated heterocycles. The van der Waals surface area contributed by atoms with Gasteiger partial charge in [0.2, 0.25) is 5.91 Å². The van der Waals surface area contributed by atoms with E-state index in [1.807, 2.05) is 0 Å². The van der Waals surface area contributed by atoms with Gasteiger partial charge in [0.1, 0.15) is 12.1 Å². The third-order valence-corrected chi connectivity index (χ3v) is 9.29. The van der Waals surface area contributed by atoms with Crippen molar-refractivity contribution in [2.45, 2.75) is 50.9 Å². The smallest absolute Gasteiger partial charge is 0.416 e. The average molecular weight is 696 g/mol. The third-order valence-electron chi connectivity index (χ3n) is 6.94. The normalized spacial score (nSPS) is 14.7. The first-order valence-electron chi connectivity index (χ1n) is 13.9. The number of carbonyl (C=O) groups excluding carboxylic acids is 3. The molecule has 45 heavy (non-hydrogen) atoms. The zero-order chi connectivity index (χ0) is 33.9. The number of benzene rings is 2. The minimum atomic E-state index is -4.87. The summed E-state index contributed by atoms with van der Waals surface area (Å²) in [7, 11) is -2.57. The highest BCUT2D eigenvalue weighted by Crippen LogP contribution is 2.38. The van der Waals surface area contributed by atoms with Crippen molar-refractivity contribution in [1.82, 2.24) is 15.1 Å². The van der Waals surface area contributed by atoms with E-state index in [4.69, 9.17) is 27.9 Å². The van der Waals surface area contributed by atoms with Crippen molar-refractivity contribution in [2.75, 3.05) is 50.4 Å². The van der Waals surface area contributed by atoms with Crippen LogP contribution >= 0.6 is 23.2 Å². The van der Waals surface area contributed by atoms with E-state index in [2.05, 4.69) is 5.32 Å². The van der Waals surface area contributed by atoms with Gasteiger partial charge in [0.05, 0.1) is 21.9 Å². The van der Waals surface area contributed by atoms with Crippen LogP contribution in [0.2, 0.25) is 10.0 Å². The molecule has 1 aliphatic rings. The molecule has 0 aromatic heterocycles. The molecule has 0 aliphatic carbocycles. The zero-order valence-corrected chi connectivity index (χ0v) is 27.8. The highest BCUT2D eigenvalue weighted by atomic mass is 35.5. The maximum absolute atomic E-state index is 14.3. The number of nitrogens with zero attached hydrogens (tertiary/aromatic N) is 3. The maximum Gasteiger partial charge on any atom is 0.416 e. The van der Waals surface area contributed by atoms with Crippen molar-refractivity contribution >= 4 is 56.6 Å². The number of halogens is 5. The highest BCUT2D eigenvalue weighted by molar-refractivity contribution is 7.91. The van der Waals surface area contributed by atoms with Crippen molar-refractivity contribution < 1.29 is 40.7 Å². The lowest BCUT2D eigenvalue weighted by Crippen LogP contribution is -2.51. The molecule has 1 aliphatic heterocycles. The Labute approximate surface area is 270 Å². The second-order valence-electron chi connectivity index (χ2n) is 11.4. The number of carbonyl (C=O) groups is 3. The van der Waals surface area contributed by atoms with E-state index in [1.54, 1.807) is 25.7 Å². The molecular weight excluding hydrogens is 660 g/mol. The summed E-state index contributed by atoms with van der Waals surface area (Å²) in [5.74, 6) is -1.56. The first kappa shape index (κ1) is 36.4. The SMILES string of the molecule is CCS(=O)(=O)c1ccc(Cl)cc1N(C)C(=O)c1cc(Cl)c(CN2CCN(C(=O)CNC(=O)OC(C)(C)C)CC2)c(C(F)(F)F)c1. The van der Waals surface area contributed by atoms with Gasteiger partial charge in [-0.25, -0.2) is 13.2 Å². The van der Waals surface area contributed by atoms with Crippen LogP contribution in [0.15, 0.2) is 35.2 Å². The van der Waals surface area contributed by atoms with Gasteiger partial charge < -0.3 is 19.9 Å². The summed E-state index contributed by atoms with van der Waals surface area (Å²) in [6.07, 6.45) is -5.61. The van der Waals surface area contributed by atoms with Gasteiger partial charge in [-0.3, -0.25) is 14.5 Å². The third kappa shape index (κ3) is 9.47. The lowest BCUT2D eigenvalue weighted by atomic mass is 10.0. The highest BCUT2D eigenvalue weighted by Gasteiger charge is 2.37. The van der Waals surface area contributed by atoms with Gasteiger partial charge in [-0.1, -0.05) is 30.1 Å². The van der Waals surface area contributed by atoms with Crippen molar-refractivity contribution in [1.29, 1.82) is 0 Å². The molecule has 0 radical (unpaired) electrons. The second kappa shape index (κ2) is 14.1. The largest absolute Gasteiger partial charge is 0.444 e. The van der Waals surface area contributed by atoms with Crippen LogP contribution in [0.4, 0.5) is 23.7 Å². The average Bonchev–Trinajstić information content (AvgIpc) is 2.94. The summed E-state index contributed by atoms with van der Waals surface area (Å²) >= 11 is 12.4. The van der Waals surface area contributed by atoms with E-state index in [9.17, 15) is 36.0 Å². The maximum atomic E-state index is 14.3. The molecule has 10 nitrogen and oxygen atoms in total. The van der Waals surface area contributed by atoms with Gasteiger partial charge in [-0.05, 0) is 56.7 Å². The first-order chi connectivity index (χ1) is 20.7. The Balaban J connectivity index is 1.78. The molecule has 3 amide bonds. The number of hydrogen-bond acceptors (Lipinski definition) is 7. The molecule has 3 rings (SSSR count). The number of alkyl carbamates (subject to hydrolysis) is 1. The van der Waals surface area contributed by atoms with Crippen molar-refractivity contribution in [3.05, 3.63) is 57.1 Å². The number of rotatable bonds is 8. The summed E-state index contributed by atoms with van der Waals surface area (Å²) in [5, 5.41) is 2.22. The van der Waals surface area contributed by atoms with E-state index in [0.29, 0.717) is 6.07 Å². The van der Waals surface area contributed by atoms with Crippen molar-refractivity contribution in [3.63, 3.8) is 0 Å². The van der Waals surface area contributed by atoms with Crippen LogP contribution in [0.5, 0.6) is 0 Å². The predicted octanol–water partition coefficient (Wildman–Crippen LogP) is 5.25. The molecule has 1 N–H and O–H groups in total. The molecule has 1 fully saturated rings. The number of ether oxygens (including phenoxy) is 1. The lowest BCUT2D eigenvalue weighted by molar-refractivity contribution is -0.138. The van der Waals surface area contributed by atoms with Crippen LogP contribution in [0.1, 0.15) is 49.2 Å². The number of alkyl halides is 3. The van der Waals surface area contributed by atoms with E-state index in [-0.39, 0.29) is 77.1 Å². The van der Waals surface area contributed by atoms with Gasteiger partial charge in [0.25, 0.3) is 5.91 Å². The minimum absolute atomic E-state index is 0.0863. The number of hydrogen-bond donors (Lipinski definition) is 1. The van der Waals surface area contributed by atoms with Crippen LogP contribution in [0.3, 0.4) is 0 Å². The summed E-state index contributed by atoms with van der Waals surface area (Å²) in [4.78, 5) is 41.7. The first-order valence-corrected chi connectivity index (χ1v) is 16.3. The molecular formula is C29H35Cl2F3N4O6S. The Morgan fingerprint density at radius 3 is 2.20 bits per heavy atom. The van der Waals surface area contributed by atoms with E-state index >= 15 is 0 Å². The second-order valence-corrected chi connectivity index (χ2v) is 14.5. The summed E-state index contributed by atoms with van der Waals surface area (Å²) in [5.41, 5.74) is -2.57. The van der Waals surface area contributed by atoms with Crippen molar-refractivity contribution in [2.24, 2.45) is 0 Å². The summed E-state index contributed by atoms with van der Waals surface area (Å²) in [6, 6.07) is 5.64. The quantitative estimate of drug-likeness (QED) is 0.401. The fraction of sp³-hybridized carbons (Fsp3) is 0.483. The molecule has 0 unspecified atom stereocenters. The van der Waals surface area contributed by atoms with E-state index < -0.39 is 44.7 Å². The van der Waals surface area contributed by atoms with E-state index in [1.165, 1.54) is 37.1 Å². The van der Waals surface area contributed by atoms with Crippen molar-refractivity contribution in [3.8, 4) is 0 Å². The molecule has 2 aromatic rings. The molecule has 0 spiro atoms. The van der Waals surface area contributed by atoms with E-state index in [0.717, 1.165) is 11.0 Å². The Kier molecular flexibility index (Phi) is 11.4. The topological polar surface area (TPSA) is 116 Å². The standard InChI is InChI=1S/C29H35Cl2F3N4O6S/c1-6-45(42,43)24-8-7-19(30)15-23(24)36(5)26(40)18-13-21(29(32,33)34)20(22(31)14-18)17-37-9-11-38(12-10-37)25(39)16-35-27(41)44-28(2,3)4/h7-8,13-15H,6,9-12,16-17H2,1-5H3,(H,35,41). The Morgan fingerprint density at radius 1 is 1.02 bits per heavy atom. The van der Waals surface area contributed by atoms with Crippen LogP contribution in [0.25, 0.3) is 0 Å². The number of amides is 3. The Hall–Kier alpha value is -3.07. The molecule has 0 saturated carbocycles. The predicted molar refractivity (Wildman–Crippen MR) is 164 cm³/mol. The van der Waals surface area contributed by atoms with Crippen LogP contribution < -0.4 is 10.2 Å². The van der Waals surface area contributed by atoms with Gasteiger partial charge in [-0.15, -0.1) is 0 Å². The summed E-state index contributed by atoms with van der Waals surface area (Å²) < 4.78 is 73.3. The monoisotopic (exact) mass is 694 g/mol. The minimum Gasteiger partial charge on any atom is -0.444 e. The van der Waals surface area contributed by atoms with Gasteiger partial charge in [-0.2, -0.15) is 13.2 Å². The number of sulfone groups is 1. The van der Waals surface area contributed by atoms with Gasteiger partial charge >= 0.3 is 12.3 Å². The van der Waals surface area contributed by atoms with Crippen LogP contribution in [-0.4, -0.2) is 87.3 Å². The number of piperazine rings is 1. The fourth-order valence-corrected chi connectivity index (χ4v) is 6.15. The number of anilines is 1. The molecule has 16 heteroatoms. The molecule has 1 heterocycles. The fourth-order valence-electron chi connectivity index (χ4n) is 4.60. The molecule has 248 valence electrons. The molecule has 0 atom stereocenters. The Morgan fingerprint density at radius 2 is 1.64 bits per heavy atom. The van der Waals surface area contributed by atoms with Crippen LogP contribution in [0, 0.1) is 0 Å². The van der Waals surface area contributed by atoms with Gasteiger partial charge in [0, 0.05) is 55.4 Å². The Bertz CT molecular complexity index is 1560. The number of nitrogens with one attached hydrogen (secondary N) is 1. The summed E-state index contributed by atoms with van der Waals surface area (Å²) in [6.45, 7) is 6.87. The zero-order valence-electron chi connectivity index (χ0n) is 25.4. The molecule has 0 bridgehead atoms.